The normalized spacial score (nSPS) is 19.9. The number of aliphatic carboxylic acids is 1. The number of rotatable bonds is 8. The van der Waals surface area contributed by atoms with Crippen LogP contribution >= 0.6 is 0 Å². The SMILES string of the molecule is O=C(NC[C@@H]1CCO[C@@H]1C(=O)N[C@H](CO)C(=O)O)OCC1c2ccccc2-c2ccccc21. The van der Waals surface area contributed by atoms with Gasteiger partial charge in [0.2, 0.25) is 5.91 Å². The highest BCUT2D eigenvalue weighted by molar-refractivity contribution is 5.87. The number of aliphatic hydroxyl groups excluding tert-OH is 1. The maximum atomic E-state index is 12.4. The molecule has 1 saturated heterocycles. The number of carbonyl (C=O) groups excluding carboxylic acids is 2. The van der Waals surface area contributed by atoms with Gasteiger partial charge in [-0.1, -0.05) is 48.5 Å². The summed E-state index contributed by atoms with van der Waals surface area (Å²) < 4.78 is 10.9. The van der Waals surface area contributed by atoms with Crippen molar-refractivity contribution >= 4 is 18.0 Å². The summed E-state index contributed by atoms with van der Waals surface area (Å²) in [5, 5.41) is 23.0. The van der Waals surface area contributed by atoms with E-state index < -0.39 is 36.7 Å². The molecule has 0 aromatic heterocycles. The quantitative estimate of drug-likeness (QED) is 0.475. The summed E-state index contributed by atoms with van der Waals surface area (Å²) in [6.07, 6.45) is -0.979. The molecule has 9 heteroatoms. The van der Waals surface area contributed by atoms with Gasteiger partial charge in [-0.15, -0.1) is 0 Å². The summed E-state index contributed by atoms with van der Waals surface area (Å²) >= 11 is 0. The first kappa shape index (κ1) is 22.8. The zero-order valence-electron chi connectivity index (χ0n) is 17.9. The van der Waals surface area contributed by atoms with Crippen molar-refractivity contribution in [2.45, 2.75) is 24.5 Å². The standard InChI is InChI=1S/C24H26N2O7/c27-12-20(23(29)30)26-22(28)21-14(9-10-32-21)11-25-24(31)33-13-19-17-7-3-1-5-15(17)16-6-2-4-8-18(16)19/h1-8,14,19-21,27H,9-13H2,(H,25,31)(H,26,28)(H,29,30)/t14-,20+,21-/m0/s1. The Morgan fingerprint density at radius 2 is 1.70 bits per heavy atom. The molecule has 2 aromatic carbocycles. The molecule has 2 amide bonds. The number of hydrogen-bond acceptors (Lipinski definition) is 6. The summed E-state index contributed by atoms with van der Waals surface area (Å²) in [4.78, 5) is 35.8. The van der Waals surface area contributed by atoms with Crippen LogP contribution < -0.4 is 10.6 Å². The van der Waals surface area contributed by atoms with Gasteiger partial charge >= 0.3 is 12.1 Å². The van der Waals surface area contributed by atoms with E-state index in [0.717, 1.165) is 22.3 Å². The highest BCUT2D eigenvalue weighted by atomic mass is 16.5. The fourth-order valence-corrected chi connectivity index (χ4v) is 4.44. The van der Waals surface area contributed by atoms with Crippen molar-refractivity contribution in [1.29, 1.82) is 0 Å². The predicted octanol–water partition coefficient (Wildman–Crippen LogP) is 1.49. The summed E-state index contributed by atoms with van der Waals surface area (Å²) in [5.74, 6) is -2.35. The van der Waals surface area contributed by atoms with E-state index in [9.17, 15) is 14.4 Å². The van der Waals surface area contributed by atoms with E-state index in [-0.39, 0.29) is 25.0 Å². The Kier molecular flexibility index (Phi) is 6.90. The number of carboxylic acid groups (broad SMARTS) is 1. The molecule has 1 aliphatic heterocycles. The molecule has 3 atom stereocenters. The van der Waals surface area contributed by atoms with Gasteiger partial charge in [0, 0.05) is 25.0 Å². The molecule has 1 fully saturated rings. The van der Waals surface area contributed by atoms with E-state index in [1.807, 2.05) is 36.4 Å². The minimum absolute atomic E-state index is 0.0528. The van der Waals surface area contributed by atoms with Crippen LogP contribution in [0, 0.1) is 5.92 Å². The lowest BCUT2D eigenvalue weighted by Gasteiger charge is -2.21. The van der Waals surface area contributed by atoms with E-state index in [0.29, 0.717) is 13.0 Å². The average Bonchev–Trinajstić information content (AvgIpc) is 3.42. The smallest absolute Gasteiger partial charge is 0.407 e. The van der Waals surface area contributed by atoms with Gasteiger partial charge < -0.3 is 30.3 Å². The minimum atomic E-state index is -1.41. The van der Waals surface area contributed by atoms with Crippen LogP contribution in [-0.4, -0.2) is 66.7 Å². The van der Waals surface area contributed by atoms with Gasteiger partial charge in [-0.05, 0) is 28.7 Å². The monoisotopic (exact) mass is 454 g/mol. The van der Waals surface area contributed by atoms with E-state index in [1.54, 1.807) is 0 Å². The van der Waals surface area contributed by atoms with Gasteiger partial charge in [0.1, 0.15) is 18.8 Å². The number of carboxylic acids is 1. The number of aliphatic hydroxyl groups is 1. The van der Waals surface area contributed by atoms with E-state index in [4.69, 9.17) is 19.7 Å². The predicted molar refractivity (Wildman–Crippen MR) is 118 cm³/mol. The van der Waals surface area contributed by atoms with Crippen LogP contribution in [0.2, 0.25) is 0 Å². The molecule has 174 valence electrons. The topological polar surface area (TPSA) is 134 Å². The Bertz CT molecular complexity index is 995. The van der Waals surface area contributed by atoms with Crippen molar-refractivity contribution in [3.8, 4) is 11.1 Å². The van der Waals surface area contributed by atoms with Crippen molar-refractivity contribution in [3.63, 3.8) is 0 Å². The maximum Gasteiger partial charge on any atom is 0.407 e. The zero-order chi connectivity index (χ0) is 23.4. The van der Waals surface area contributed by atoms with E-state index in [1.165, 1.54) is 0 Å². The Balaban J connectivity index is 1.31. The fourth-order valence-electron chi connectivity index (χ4n) is 4.44. The van der Waals surface area contributed by atoms with Crippen LogP contribution in [0.3, 0.4) is 0 Å². The molecular formula is C24H26N2O7. The number of carbonyl (C=O) groups is 3. The number of fused-ring (bicyclic) bond motifs is 3. The van der Waals surface area contributed by atoms with Crippen molar-refractivity contribution in [3.05, 3.63) is 59.7 Å². The first-order chi connectivity index (χ1) is 16.0. The second-order valence-electron chi connectivity index (χ2n) is 8.13. The lowest BCUT2D eigenvalue weighted by molar-refractivity contribution is -0.145. The van der Waals surface area contributed by atoms with Crippen molar-refractivity contribution < 1.29 is 34.1 Å². The number of amides is 2. The largest absolute Gasteiger partial charge is 0.480 e. The van der Waals surface area contributed by atoms with Crippen LogP contribution in [0.5, 0.6) is 0 Å². The lowest BCUT2D eigenvalue weighted by atomic mass is 9.98. The third kappa shape index (κ3) is 4.84. The summed E-state index contributed by atoms with van der Waals surface area (Å²) in [7, 11) is 0. The Morgan fingerprint density at radius 1 is 1.06 bits per heavy atom. The van der Waals surface area contributed by atoms with E-state index in [2.05, 4.69) is 22.8 Å². The maximum absolute atomic E-state index is 12.4. The summed E-state index contributed by atoms with van der Waals surface area (Å²) in [6, 6.07) is 14.7. The van der Waals surface area contributed by atoms with Crippen LogP contribution in [0.4, 0.5) is 4.79 Å². The second-order valence-corrected chi connectivity index (χ2v) is 8.13. The second kappa shape index (κ2) is 10.0. The average molecular weight is 454 g/mol. The highest BCUT2D eigenvalue weighted by Crippen LogP contribution is 2.44. The minimum Gasteiger partial charge on any atom is -0.480 e. The van der Waals surface area contributed by atoms with Crippen molar-refractivity contribution in [2.75, 3.05) is 26.4 Å². The molecule has 0 saturated carbocycles. The lowest BCUT2D eigenvalue weighted by Crippen LogP contribution is -2.49. The number of nitrogens with one attached hydrogen (secondary N) is 2. The molecule has 4 N–H and O–H groups in total. The van der Waals surface area contributed by atoms with Gasteiger partial charge in [-0.25, -0.2) is 9.59 Å². The summed E-state index contributed by atoms with van der Waals surface area (Å²) in [5.41, 5.74) is 4.51. The van der Waals surface area contributed by atoms with Crippen molar-refractivity contribution in [1.82, 2.24) is 10.6 Å². The van der Waals surface area contributed by atoms with Crippen LogP contribution in [0.15, 0.2) is 48.5 Å². The van der Waals surface area contributed by atoms with Gasteiger partial charge in [-0.3, -0.25) is 4.79 Å². The molecule has 0 spiro atoms. The fraction of sp³-hybridized carbons (Fsp3) is 0.375. The van der Waals surface area contributed by atoms with Crippen LogP contribution in [0.25, 0.3) is 11.1 Å². The van der Waals surface area contributed by atoms with Gasteiger partial charge in [0.15, 0.2) is 0 Å². The molecular weight excluding hydrogens is 428 g/mol. The third-order valence-electron chi connectivity index (χ3n) is 6.12. The number of hydrogen-bond donors (Lipinski definition) is 4. The Hall–Kier alpha value is -3.43. The molecule has 1 heterocycles. The van der Waals surface area contributed by atoms with Crippen LogP contribution in [0.1, 0.15) is 23.5 Å². The molecule has 0 bridgehead atoms. The molecule has 9 nitrogen and oxygen atoms in total. The highest BCUT2D eigenvalue weighted by Gasteiger charge is 2.36. The molecule has 2 aliphatic rings. The zero-order valence-corrected chi connectivity index (χ0v) is 17.9. The molecule has 1 aliphatic carbocycles. The van der Waals surface area contributed by atoms with Crippen molar-refractivity contribution in [2.24, 2.45) is 5.92 Å². The Labute approximate surface area is 190 Å². The number of ether oxygens (including phenoxy) is 2. The third-order valence-corrected chi connectivity index (χ3v) is 6.12. The number of alkyl carbamates (subject to hydrolysis) is 1. The molecule has 0 radical (unpaired) electrons. The summed E-state index contributed by atoms with van der Waals surface area (Å²) in [6.45, 7) is -0.0875. The van der Waals surface area contributed by atoms with Gasteiger partial charge in [0.05, 0.1) is 6.61 Å². The van der Waals surface area contributed by atoms with E-state index >= 15 is 0 Å². The first-order valence-electron chi connectivity index (χ1n) is 10.8. The molecule has 2 aromatic rings. The first-order valence-corrected chi connectivity index (χ1v) is 10.8. The number of benzene rings is 2. The molecule has 4 rings (SSSR count). The Morgan fingerprint density at radius 3 is 2.30 bits per heavy atom. The van der Waals surface area contributed by atoms with Gasteiger partial charge in [-0.2, -0.15) is 0 Å². The molecule has 33 heavy (non-hydrogen) atoms. The van der Waals surface area contributed by atoms with Gasteiger partial charge in [0.25, 0.3) is 0 Å². The van der Waals surface area contributed by atoms with Crippen LogP contribution in [-0.2, 0) is 19.1 Å². The molecule has 0 unspecified atom stereocenters.